The minimum absolute atomic E-state index is 0.0628. The van der Waals surface area contributed by atoms with Gasteiger partial charge in [0.15, 0.2) is 0 Å². The first kappa shape index (κ1) is 25.2. The number of nitrogens with zero attached hydrogens (tertiary/aromatic N) is 1. The van der Waals surface area contributed by atoms with Gasteiger partial charge in [0.05, 0.1) is 18.4 Å². The van der Waals surface area contributed by atoms with E-state index in [0.29, 0.717) is 29.8 Å². The predicted molar refractivity (Wildman–Crippen MR) is 146 cm³/mol. The summed E-state index contributed by atoms with van der Waals surface area (Å²) >= 11 is 0. The second-order valence-corrected chi connectivity index (χ2v) is 11.6. The molecule has 0 saturated heterocycles. The van der Waals surface area contributed by atoms with Crippen LogP contribution in [-0.2, 0) is 40.6 Å². The largest absolute Gasteiger partial charge is 0.495 e. The van der Waals surface area contributed by atoms with Crippen LogP contribution in [0.4, 0.5) is 5.69 Å². The van der Waals surface area contributed by atoms with Crippen LogP contribution in [0.3, 0.4) is 0 Å². The second kappa shape index (κ2) is 9.89. The molecular formula is C30H27NO7S. The first-order chi connectivity index (χ1) is 18.8. The van der Waals surface area contributed by atoms with Crippen molar-refractivity contribution in [3.63, 3.8) is 0 Å². The highest BCUT2D eigenvalue weighted by Crippen LogP contribution is 2.35. The summed E-state index contributed by atoms with van der Waals surface area (Å²) in [6.45, 7) is 0.165. The van der Waals surface area contributed by atoms with Gasteiger partial charge in [-0.15, -0.1) is 0 Å². The number of ether oxygens (including phenoxy) is 2. The Hall–Kier alpha value is -4.11. The SMILES string of the molecule is COc1ccc(C(=O)OCc2cc(=O)oc3cc4c(cc23)CCC4)cc1S(=O)(=O)N1CCCc2ccccc21. The maximum Gasteiger partial charge on any atom is 0.338 e. The lowest BCUT2D eigenvalue weighted by Gasteiger charge is -2.31. The molecule has 0 spiro atoms. The van der Waals surface area contributed by atoms with Crippen LogP contribution < -0.4 is 14.7 Å². The minimum atomic E-state index is -4.03. The molecule has 1 aliphatic carbocycles. The molecule has 8 nitrogen and oxygen atoms in total. The first-order valence-corrected chi connectivity index (χ1v) is 14.3. The summed E-state index contributed by atoms with van der Waals surface area (Å²) in [6.07, 6.45) is 4.42. The van der Waals surface area contributed by atoms with Gasteiger partial charge in [0, 0.05) is 23.6 Å². The number of benzene rings is 3. The Balaban J connectivity index is 1.30. The van der Waals surface area contributed by atoms with E-state index in [1.807, 2.05) is 24.3 Å². The standard InChI is InChI=1S/C30H27NO7S/c1-36-26-12-11-22(16-28(26)39(34,35)31-13-5-9-19-6-2-3-10-25(19)31)30(33)37-18-23-17-29(32)38-27-15-21-8-4-7-20(21)14-24(23)27/h2-3,6,10-12,14-17H,4-5,7-9,13,18H2,1H3. The van der Waals surface area contributed by atoms with Gasteiger partial charge in [0.25, 0.3) is 10.0 Å². The average Bonchev–Trinajstić information content (AvgIpc) is 3.41. The van der Waals surface area contributed by atoms with Crippen LogP contribution >= 0.6 is 0 Å². The Morgan fingerprint density at radius 2 is 1.72 bits per heavy atom. The number of esters is 1. The number of aryl methyl sites for hydroxylation is 3. The summed E-state index contributed by atoms with van der Waals surface area (Å²) in [5.41, 5.74) is 4.49. The van der Waals surface area contributed by atoms with E-state index in [0.717, 1.165) is 36.6 Å². The molecule has 9 heteroatoms. The molecule has 3 aromatic carbocycles. The Morgan fingerprint density at radius 3 is 2.54 bits per heavy atom. The topological polar surface area (TPSA) is 103 Å². The van der Waals surface area contributed by atoms with Crippen LogP contribution in [0, 0.1) is 0 Å². The normalized spacial score (nSPS) is 14.6. The molecule has 0 radical (unpaired) electrons. The van der Waals surface area contributed by atoms with Crippen molar-refractivity contribution in [2.75, 3.05) is 18.0 Å². The van der Waals surface area contributed by atoms with Crippen LogP contribution in [0.1, 0.15) is 45.5 Å². The molecule has 0 atom stereocenters. The molecule has 0 saturated carbocycles. The van der Waals surface area contributed by atoms with E-state index < -0.39 is 21.6 Å². The third-order valence-electron chi connectivity index (χ3n) is 7.44. The highest BCUT2D eigenvalue weighted by Gasteiger charge is 2.32. The molecule has 0 amide bonds. The van der Waals surface area contributed by atoms with Gasteiger partial charge in [-0.2, -0.15) is 0 Å². The molecule has 0 unspecified atom stereocenters. The Morgan fingerprint density at radius 1 is 0.949 bits per heavy atom. The number of carbonyl (C=O) groups is 1. The fraction of sp³-hybridized carbons (Fsp3) is 0.267. The number of rotatable bonds is 6. The van der Waals surface area contributed by atoms with Crippen molar-refractivity contribution in [3.8, 4) is 5.75 Å². The van der Waals surface area contributed by atoms with E-state index in [9.17, 15) is 18.0 Å². The Bertz CT molecular complexity index is 1770. The van der Waals surface area contributed by atoms with Gasteiger partial charge >= 0.3 is 11.6 Å². The molecule has 6 rings (SSSR count). The van der Waals surface area contributed by atoms with Gasteiger partial charge in [0.1, 0.15) is 22.8 Å². The van der Waals surface area contributed by atoms with E-state index in [4.69, 9.17) is 13.9 Å². The van der Waals surface area contributed by atoms with Crippen molar-refractivity contribution < 1.29 is 27.1 Å². The van der Waals surface area contributed by atoms with Gasteiger partial charge in [-0.3, -0.25) is 4.31 Å². The number of anilines is 1. The van der Waals surface area contributed by atoms with Crippen LogP contribution in [-0.4, -0.2) is 28.0 Å². The maximum atomic E-state index is 13.8. The number of carbonyl (C=O) groups excluding carboxylic acids is 1. The second-order valence-electron chi connectivity index (χ2n) is 9.81. The predicted octanol–water partition coefficient (Wildman–Crippen LogP) is 4.79. The fourth-order valence-corrected chi connectivity index (χ4v) is 7.24. The third-order valence-corrected chi connectivity index (χ3v) is 9.27. The number of para-hydroxylation sites is 1. The minimum Gasteiger partial charge on any atom is -0.495 e. The molecule has 39 heavy (non-hydrogen) atoms. The number of sulfonamides is 1. The zero-order valence-corrected chi connectivity index (χ0v) is 22.3. The lowest BCUT2D eigenvalue weighted by atomic mass is 10.0. The van der Waals surface area contributed by atoms with Crippen LogP contribution in [0.2, 0.25) is 0 Å². The molecule has 0 fully saturated rings. The van der Waals surface area contributed by atoms with Crippen molar-refractivity contribution in [2.24, 2.45) is 0 Å². The molecule has 0 N–H and O–H groups in total. The van der Waals surface area contributed by atoms with E-state index in [1.165, 1.54) is 46.8 Å². The van der Waals surface area contributed by atoms with Crippen LogP contribution in [0.5, 0.6) is 5.75 Å². The first-order valence-electron chi connectivity index (χ1n) is 12.9. The highest BCUT2D eigenvalue weighted by molar-refractivity contribution is 7.93. The fourth-order valence-electron chi connectivity index (χ4n) is 5.51. The lowest BCUT2D eigenvalue weighted by Crippen LogP contribution is -2.35. The summed E-state index contributed by atoms with van der Waals surface area (Å²) < 4.78 is 45.3. The highest BCUT2D eigenvalue weighted by atomic mass is 32.2. The zero-order chi connectivity index (χ0) is 27.1. The van der Waals surface area contributed by atoms with Gasteiger partial charge in [-0.05, 0) is 85.2 Å². The molecular weight excluding hydrogens is 518 g/mol. The summed E-state index contributed by atoms with van der Waals surface area (Å²) in [5, 5.41) is 0.727. The van der Waals surface area contributed by atoms with E-state index >= 15 is 0 Å². The van der Waals surface area contributed by atoms with E-state index in [2.05, 4.69) is 0 Å². The maximum absolute atomic E-state index is 13.8. The number of fused-ring (bicyclic) bond motifs is 3. The quantitative estimate of drug-likeness (QED) is 0.254. The number of methoxy groups -OCH3 is 1. The average molecular weight is 546 g/mol. The third kappa shape index (κ3) is 4.57. The Labute approximate surface area is 225 Å². The molecule has 1 aromatic heterocycles. The lowest BCUT2D eigenvalue weighted by molar-refractivity contribution is 0.0473. The molecule has 2 heterocycles. The van der Waals surface area contributed by atoms with Crippen molar-refractivity contribution in [3.05, 3.63) is 98.9 Å². The van der Waals surface area contributed by atoms with E-state index in [-0.39, 0.29) is 22.8 Å². The molecule has 2 aliphatic rings. The summed E-state index contributed by atoms with van der Waals surface area (Å²) in [4.78, 5) is 25.2. The monoisotopic (exact) mass is 545 g/mol. The van der Waals surface area contributed by atoms with Crippen molar-refractivity contribution in [1.29, 1.82) is 0 Å². The number of hydrogen-bond acceptors (Lipinski definition) is 7. The molecule has 200 valence electrons. The zero-order valence-electron chi connectivity index (χ0n) is 21.4. The van der Waals surface area contributed by atoms with Crippen LogP contribution in [0.25, 0.3) is 11.0 Å². The van der Waals surface area contributed by atoms with E-state index in [1.54, 1.807) is 12.1 Å². The smallest absolute Gasteiger partial charge is 0.338 e. The molecule has 4 aromatic rings. The van der Waals surface area contributed by atoms with Gasteiger partial charge in [-0.1, -0.05) is 18.2 Å². The molecule has 1 aliphatic heterocycles. The summed E-state index contributed by atoms with van der Waals surface area (Å²) in [5.74, 6) is -0.578. The summed E-state index contributed by atoms with van der Waals surface area (Å²) in [7, 11) is -2.65. The number of hydrogen-bond donors (Lipinski definition) is 0. The van der Waals surface area contributed by atoms with Crippen molar-refractivity contribution >= 4 is 32.6 Å². The van der Waals surface area contributed by atoms with Crippen molar-refractivity contribution in [1.82, 2.24) is 0 Å². The molecule has 0 bridgehead atoms. The summed E-state index contributed by atoms with van der Waals surface area (Å²) in [6, 6.07) is 16.8. The van der Waals surface area contributed by atoms with Gasteiger partial charge in [0.2, 0.25) is 0 Å². The van der Waals surface area contributed by atoms with Crippen molar-refractivity contribution in [2.45, 2.75) is 43.6 Å². The van der Waals surface area contributed by atoms with Gasteiger partial charge < -0.3 is 13.9 Å². The van der Waals surface area contributed by atoms with Gasteiger partial charge in [-0.25, -0.2) is 18.0 Å². The Kier molecular flexibility index (Phi) is 6.38. The van der Waals surface area contributed by atoms with Crippen LogP contribution in [0.15, 0.2) is 74.8 Å².